The minimum absolute atomic E-state index is 0.00591. The Morgan fingerprint density at radius 1 is 1.35 bits per heavy atom. The van der Waals surface area contributed by atoms with Gasteiger partial charge in [0.2, 0.25) is 5.91 Å². The number of carbonyl (C=O) groups excluding carboxylic acids is 1. The third-order valence-electron chi connectivity index (χ3n) is 4.13. The van der Waals surface area contributed by atoms with E-state index in [-0.39, 0.29) is 5.91 Å². The zero-order valence-corrected chi connectivity index (χ0v) is 14.3. The molecule has 0 aromatic heterocycles. The van der Waals surface area contributed by atoms with Gasteiger partial charge in [0.05, 0.1) is 19.2 Å². The topological polar surface area (TPSA) is 64.8 Å². The number of likely N-dealkylation sites (tertiary alicyclic amines) is 1. The molecule has 0 aliphatic carbocycles. The molecule has 0 radical (unpaired) electrons. The van der Waals surface area contributed by atoms with Gasteiger partial charge in [-0.05, 0) is 49.1 Å². The Kier molecular flexibility index (Phi) is 6.30. The molecule has 0 atom stereocenters. The van der Waals surface area contributed by atoms with Gasteiger partial charge in [-0.3, -0.25) is 4.79 Å². The maximum Gasteiger partial charge on any atom is 0.246 e. The van der Waals surface area contributed by atoms with Gasteiger partial charge in [-0.25, -0.2) is 0 Å². The molecule has 0 bridgehead atoms. The first-order chi connectivity index (χ1) is 11.1. The second kappa shape index (κ2) is 8.22. The first kappa shape index (κ1) is 17.6. The molecule has 6 heteroatoms. The molecule has 1 heterocycles. The van der Waals surface area contributed by atoms with E-state index in [2.05, 4.69) is 0 Å². The average Bonchev–Trinajstić information content (AvgIpc) is 2.59. The summed E-state index contributed by atoms with van der Waals surface area (Å²) in [7, 11) is 3.09. The second-order valence-corrected chi connectivity index (χ2v) is 5.98. The Hall–Kier alpha value is -1.72. The monoisotopic (exact) mass is 338 g/mol. The zero-order valence-electron chi connectivity index (χ0n) is 13.5. The minimum atomic E-state index is 0.00591. The number of nitrogens with two attached hydrogens (primary N) is 1. The minimum Gasteiger partial charge on any atom is -0.493 e. The van der Waals surface area contributed by atoms with E-state index in [1.54, 1.807) is 31.4 Å². The number of hydrogen-bond donors (Lipinski definition) is 1. The molecule has 2 rings (SSSR count). The summed E-state index contributed by atoms with van der Waals surface area (Å²) in [5.41, 5.74) is 6.46. The third kappa shape index (κ3) is 4.39. The predicted molar refractivity (Wildman–Crippen MR) is 91.9 cm³/mol. The molecule has 0 unspecified atom stereocenters. The van der Waals surface area contributed by atoms with Crippen molar-refractivity contribution in [1.82, 2.24) is 4.90 Å². The van der Waals surface area contributed by atoms with Gasteiger partial charge in [-0.2, -0.15) is 0 Å². The van der Waals surface area contributed by atoms with Crippen molar-refractivity contribution in [1.29, 1.82) is 0 Å². The van der Waals surface area contributed by atoms with E-state index in [1.165, 1.54) is 7.11 Å². The van der Waals surface area contributed by atoms with Crippen LogP contribution in [0.3, 0.4) is 0 Å². The molecule has 1 amide bonds. The quantitative estimate of drug-likeness (QED) is 0.838. The first-order valence-corrected chi connectivity index (χ1v) is 8.05. The molecule has 23 heavy (non-hydrogen) atoms. The summed E-state index contributed by atoms with van der Waals surface area (Å²) in [6.07, 6.45) is 5.25. The van der Waals surface area contributed by atoms with Crippen LogP contribution in [0.2, 0.25) is 5.02 Å². The van der Waals surface area contributed by atoms with Crippen LogP contribution < -0.4 is 15.2 Å². The highest BCUT2D eigenvalue weighted by Crippen LogP contribution is 2.36. The van der Waals surface area contributed by atoms with Crippen LogP contribution >= 0.6 is 11.6 Å². The molecule has 5 nitrogen and oxygen atoms in total. The van der Waals surface area contributed by atoms with Crippen molar-refractivity contribution in [2.45, 2.75) is 12.8 Å². The molecule has 1 fully saturated rings. The van der Waals surface area contributed by atoms with Crippen LogP contribution in [0.5, 0.6) is 11.5 Å². The number of ether oxygens (including phenoxy) is 2. The van der Waals surface area contributed by atoms with Crippen molar-refractivity contribution in [3.8, 4) is 11.5 Å². The molecule has 1 aromatic carbocycles. The summed E-state index contributed by atoms with van der Waals surface area (Å²) in [5.74, 6) is 1.57. The number of piperidine rings is 1. The van der Waals surface area contributed by atoms with Gasteiger partial charge in [-0.15, -0.1) is 0 Å². The molecular formula is C17H23ClN2O3. The van der Waals surface area contributed by atoms with Crippen LogP contribution in [-0.2, 0) is 4.79 Å². The fourth-order valence-corrected chi connectivity index (χ4v) is 2.99. The van der Waals surface area contributed by atoms with Gasteiger partial charge in [0.1, 0.15) is 0 Å². The van der Waals surface area contributed by atoms with E-state index in [1.807, 2.05) is 4.90 Å². The van der Waals surface area contributed by atoms with Crippen molar-refractivity contribution in [2.24, 2.45) is 11.7 Å². The standard InChI is InChI=1S/C17H23ClN2O3/c1-22-15-10-13(9-14(18)17(15)23-2)3-4-16(21)20-7-5-12(11-19)6-8-20/h3-4,9-10,12H,5-8,11,19H2,1-2H3/b4-3+. The third-order valence-corrected chi connectivity index (χ3v) is 4.41. The van der Waals surface area contributed by atoms with Gasteiger partial charge in [0.25, 0.3) is 0 Å². The molecule has 0 spiro atoms. The van der Waals surface area contributed by atoms with E-state index in [9.17, 15) is 4.79 Å². The van der Waals surface area contributed by atoms with E-state index in [4.69, 9.17) is 26.8 Å². The van der Waals surface area contributed by atoms with Gasteiger partial charge in [0, 0.05) is 19.2 Å². The Bertz CT molecular complexity index is 581. The Morgan fingerprint density at radius 3 is 2.61 bits per heavy atom. The molecule has 126 valence electrons. The van der Waals surface area contributed by atoms with E-state index >= 15 is 0 Å². The average molecular weight is 339 g/mol. The molecule has 1 saturated heterocycles. The number of halogens is 1. The van der Waals surface area contributed by atoms with Crippen molar-refractivity contribution >= 4 is 23.6 Å². The number of nitrogens with zero attached hydrogens (tertiary/aromatic N) is 1. The van der Waals surface area contributed by atoms with Crippen LogP contribution in [0.4, 0.5) is 0 Å². The normalized spacial score (nSPS) is 15.9. The van der Waals surface area contributed by atoms with Gasteiger partial charge in [0.15, 0.2) is 11.5 Å². The van der Waals surface area contributed by atoms with Crippen molar-refractivity contribution in [3.63, 3.8) is 0 Å². The predicted octanol–water partition coefficient (Wildman–Crippen LogP) is 2.57. The lowest BCUT2D eigenvalue weighted by Gasteiger charge is -2.30. The highest BCUT2D eigenvalue weighted by Gasteiger charge is 2.20. The van der Waals surface area contributed by atoms with Crippen molar-refractivity contribution in [3.05, 3.63) is 28.8 Å². The Morgan fingerprint density at radius 2 is 2.04 bits per heavy atom. The van der Waals surface area contributed by atoms with Gasteiger partial charge in [-0.1, -0.05) is 11.6 Å². The van der Waals surface area contributed by atoms with Crippen molar-refractivity contribution in [2.75, 3.05) is 33.9 Å². The summed E-state index contributed by atoms with van der Waals surface area (Å²) in [4.78, 5) is 14.1. The SMILES string of the molecule is COc1cc(/C=C/C(=O)N2CCC(CN)CC2)cc(Cl)c1OC. The lowest BCUT2D eigenvalue weighted by Crippen LogP contribution is -2.39. The Labute approximate surface area is 142 Å². The maximum absolute atomic E-state index is 12.2. The van der Waals surface area contributed by atoms with Crippen LogP contribution in [-0.4, -0.2) is 44.7 Å². The smallest absolute Gasteiger partial charge is 0.246 e. The highest BCUT2D eigenvalue weighted by atomic mass is 35.5. The van der Waals surface area contributed by atoms with Crippen LogP contribution in [0.15, 0.2) is 18.2 Å². The van der Waals surface area contributed by atoms with Gasteiger partial charge >= 0.3 is 0 Å². The van der Waals surface area contributed by atoms with E-state index in [0.717, 1.165) is 31.5 Å². The zero-order chi connectivity index (χ0) is 16.8. The molecule has 1 aliphatic rings. The number of rotatable bonds is 5. The summed E-state index contributed by atoms with van der Waals surface area (Å²) in [5, 5.41) is 0.447. The summed E-state index contributed by atoms with van der Waals surface area (Å²) < 4.78 is 10.5. The lowest BCUT2D eigenvalue weighted by molar-refractivity contribution is -0.127. The molecule has 1 aliphatic heterocycles. The molecular weight excluding hydrogens is 316 g/mol. The number of benzene rings is 1. The van der Waals surface area contributed by atoms with E-state index < -0.39 is 0 Å². The number of methoxy groups -OCH3 is 2. The molecule has 1 aromatic rings. The van der Waals surface area contributed by atoms with Gasteiger partial charge < -0.3 is 20.1 Å². The number of carbonyl (C=O) groups is 1. The fourth-order valence-electron chi connectivity index (χ4n) is 2.70. The number of hydrogen-bond acceptors (Lipinski definition) is 4. The highest BCUT2D eigenvalue weighted by molar-refractivity contribution is 6.32. The maximum atomic E-state index is 12.2. The van der Waals surface area contributed by atoms with Crippen LogP contribution in [0.25, 0.3) is 6.08 Å². The largest absolute Gasteiger partial charge is 0.493 e. The second-order valence-electron chi connectivity index (χ2n) is 5.58. The summed E-state index contributed by atoms with van der Waals surface area (Å²) in [6, 6.07) is 3.53. The Balaban J connectivity index is 2.05. The molecule has 0 saturated carbocycles. The lowest BCUT2D eigenvalue weighted by atomic mass is 9.97. The first-order valence-electron chi connectivity index (χ1n) is 7.67. The van der Waals surface area contributed by atoms with Crippen LogP contribution in [0, 0.1) is 5.92 Å². The van der Waals surface area contributed by atoms with E-state index in [0.29, 0.717) is 29.0 Å². The summed E-state index contributed by atoms with van der Waals surface area (Å²) >= 11 is 6.16. The fraction of sp³-hybridized carbons (Fsp3) is 0.471. The van der Waals surface area contributed by atoms with Crippen molar-refractivity contribution < 1.29 is 14.3 Å². The molecule has 2 N–H and O–H groups in total. The van der Waals surface area contributed by atoms with Crippen LogP contribution in [0.1, 0.15) is 18.4 Å². The number of amides is 1. The summed E-state index contributed by atoms with van der Waals surface area (Å²) in [6.45, 7) is 2.22.